The van der Waals surface area contributed by atoms with Crippen molar-refractivity contribution in [1.82, 2.24) is 4.90 Å². The van der Waals surface area contributed by atoms with E-state index in [9.17, 15) is 4.79 Å². The Kier molecular flexibility index (Phi) is 5.34. The summed E-state index contributed by atoms with van der Waals surface area (Å²) in [6, 6.07) is 9.36. The van der Waals surface area contributed by atoms with Crippen LogP contribution in [0.4, 0.5) is 4.79 Å². The van der Waals surface area contributed by atoms with Crippen LogP contribution in [0.15, 0.2) is 43.0 Å². The van der Waals surface area contributed by atoms with E-state index in [4.69, 9.17) is 18.9 Å². The maximum absolute atomic E-state index is 12.8. The molecule has 2 aliphatic heterocycles. The number of rotatable bonds is 4. The molecule has 0 aromatic heterocycles. The van der Waals surface area contributed by atoms with E-state index in [0.717, 1.165) is 5.56 Å². The summed E-state index contributed by atoms with van der Waals surface area (Å²) in [5, 5.41) is 0. The lowest BCUT2D eigenvalue weighted by molar-refractivity contribution is -0.163. The minimum Gasteiger partial charge on any atom is -0.444 e. The van der Waals surface area contributed by atoms with Gasteiger partial charge in [-0.3, -0.25) is 4.90 Å². The van der Waals surface area contributed by atoms with E-state index < -0.39 is 17.6 Å². The highest BCUT2D eigenvalue weighted by atomic mass is 16.8. The summed E-state index contributed by atoms with van der Waals surface area (Å²) < 4.78 is 23.7. The average molecular weight is 375 g/mol. The Morgan fingerprint density at radius 3 is 2.44 bits per heavy atom. The molecular formula is C21H29NO5. The number of hydrogen-bond donors (Lipinski definition) is 0. The summed E-state index contributed by atoms with van der Waals surface area (Å²) in [6.07, 6.45) is 0.308. The Morgan fingerprint density at radius 1 is 1.15 bits per heavy atom. The second kappa shape index (κ2) is 7.26. The molecule has 27 heavy (non-hydrogen) atoms. The molecule has 0 unspecified atom stereocenters. The van der Waals surface area contributed by atoms with Crippen LogP contribution in [0, 0.1) is 0 Å². The second-order valence-corrected chi connectivity index (χ2v) is 7.98. The SMILES string of the molecule is C=C[C@@H]1OC(C)(C)O[C@@H]1[C@@H]1OC(C)(C)N(C(=O)OCc2ccccc2)[C@@H]1C. The van der Waals surface area contributed by atoms with E-state index in [-0.39, 0.29) is 31.0 Å². The van der Waals surface area contributed by atoms with Gasteiger partial charge in [0, 0.05) is 0 Å². The monoisotopic (exact) mass is 375 g/mol. The third-order valence-electron chi connectivity index (χ3n) is 5.01. The van der Waals surface area contributed by atoms with Gasteiger partial charge in [0.25, 0.3) is 0 Å². The predicted octanol–water partition coefficient (Wildman–Crippen LogP) is 3.85. The summed E-state index contributed by atoms with van der Waals surface area (Å²) in [4.78, 5) is 14.4. The van der Waals surface area contributed by atoms with Gasteiger partial charge in [-0.05, 0) is 40.2 Å². The maximum Gasteiger partial charge on any atom is 0.412 e. The largest absolute Gasteiger partial charge is 0.444 e. The molecule has 3 rings (SSSR count). The van der Waals surface area contributed by atoms with Gasteiger partial charge in [0.05, 0.1) is 6.04 Å². The quantitative estimate of drug-likeness (QED) is 0.748. The molecule has 4 atom stereocenters. The molecule has 2 heterocycles. The van der Waals surface area contributed by atoms with Crippen molar-refractivity contribution in [3.63, 3.8) is 0 Å². The number of carbonyl (C=O) groups excluding carboxylic acids is 1. The Hall–Kier alpha value is -1.89. The molecule has 0 saturated carbocycles. The van der Waals surface area contributed by atoms with E-state index in [1.165, 1.54) is 0 Å². The zero-order valence-electron chi connectivity index (χ0n) is 16.7. The van der Waals surface area contributed by atoms with Gasteiger partial charge in [-0.15, -0.1) is 6.58 Å². The third kappa shape index (κ3) is 4.03. The number of nitrogens with zero attached hydrogens (tertiary/aromatic N) is 1. The fourth-order valence-electron chi connectivity index (χ4n) is 3.90. The lowest BCUT2D eigenvalue weighted by Gasteiger charge is -2.31. The predicted molar refractivity (Wildman–Crippen MR) is 101 cm³/mol. The number of hydrogen-bond acceptors (Lipinski definition) is 5. The van der Waals surface area contributed by atoms with E-state index in [0.29, 0.717) is 0 Å². The Balaban J connectivity index is 1.73. The zero-order chi connectivity index (χ0) is 19.8. The van der Waals surface area contributed by atoms with Crippen molar-refractivity contribution in [2.75, 3.05) is 0 Å². The molecule has 1 amide bonds. The van der Waals surface area contributed by atoms with Crippen molar-refractivity contribution >= 4 is 6.09 Å². The summed E-state index contributed by atoms with van der Waals surface area (Å²) >= 11 is 0. The van der Waals surface area contributed by atoms with Crippen LogP contribution >= 0.6 is 0 Å². The highest BCUT2D eigenvalue weighted by Gasteiger charge is 2.56. The fraction of sp³-hybridized carbons (Fsp3) is 0.571. The van der Waals surface area contributed by atoms with Gasteiger partial charge >= 0.3 is 6.09 Å². The van der Waals surface area contributed by atoms with Crippen molar-refractivity contribution in [2.24, 2.45) is 0 Å². The van der Waals surface area contributed by atoms with Crippen LogP contribution in [0.3, 0.4) is 0 Å². The smallest absolute Gasteiger partial charge is 0.412 e. The summed E-state index contributed by atoms with van der Waals surface area (Å²) in [5.41, 5.74) is 0.119. The molecule has 6 heteroatoms. The molecule has 0 N–H and O–H groups in total. The van der Waals surface area contributed by atoms with Crippen LogP contribution in [0.1, 0.15) is 40.2 Å². The Bertz CT molecular complexity index is 687. The van der Waals surface area contributed by atoms with E-state index >= 15 is 0 Å². The van der Waals surface area contributed by atoms with Crippen molar-refractivity contribution in [1.29, 1.82) is 0 Å². The van der Waals surface area contributed by atoms with Gasteiger partial charge in [-0.1, -0.05) is 36.4 Å². The molecule has 2 aliphatic rings. The molecular weight excluding hydrogens is 346 g/mol. The van der Waals surface area contributed by atoms with Gasteiger partial charge in [0.1, 0.15) is 30.6 Å². The molecule has 0 bridgehead atoms. The molecule has 1 aromatic carbocycles. The van der Waals surface area contributed by atoms with E-state index in [1.54, 1.807) is 11.0 Å². The van der Waals surface area contributed by atoms with E-state index in [2.05, 4.69) is 6.58 Å². The van der Waals surface area contributed by atoms with Crippen molar-refractivity contribution in [3.8, 4) is 0 Å². The molecule has 0 spiro atoms. The second-order valence-electron chi connectivity index (χ2n) is 7.98. The number of benzene rings is 1. The lowest BCUT2D eigenvalue weighted by atomic mass is 10.0. The van der Waals surface area contributed by atoms with Crippen LogP contribution in [0.5, 0.6) is 0 Å². The van der Waals surface area contributed by atoms with E-state index in [1.807, 2.05) is 65.0 Å². The highest BCUT2D eigenvalue weighted by Crippen LogP contribution is 2.40. The number of carbonyl (C=O) groups is 1. The van der Waals surface area contributed by atoms with Gasteiger partial charge in [0.15, 0.2) is 5.79 Å². The van der Waals surface area contributed by atoms with Crippen LogP contribution in [-0.4, -0.2) is 46.9 Å². The fourth-order valence-corrected chi connectivity index (χ4v) is 3.90. The van der Waals surface area contributed by atoms with Crippen molar-refractivity contribution in [3.05, 3.63) is 48.6 Å². The van der Waals surface area contributed by atoms with Gasteiger partial charge in [-0.2, -0.15) is 0 Å². The van der Waals surface area contributed by atoms with Crippen LogP contribution in [0.25, 0.3) is 0 Å². The lowest BCUT2D eigenvalue weighted by Crippen LogP contribution is -2.48. The highest BCUT2D eigenvalue weighted by molar-refractivity contribution is 5.69. The maximum atomic E-state index is 12.8. The third-order valence-corrected chi connectivity index (χ3v) is 5.01. The van der Waals surface area contributed by atoms with Gasteiger partial charge in [0.2, 0.25) is 0 Å². The first kappa shape index (κ1) is 19.9. The molecule has 2 fully saturated rings. The molecule has 0 aliphatic carbocycles. The first-order valence-electron chi connectivity index (χ1n) is 9.30. The average Bonchev–Trinajstić information content (AvgIpc) is 3.05. The van der Waals surface area contributed by atoms with Crippen LogP contribution in [0.2, 0.25) is 0 Å². The standard InChI is InChI=1S/C21H29NO5/c1-7-16-18(27-21(5,6)25-16)17-14(2)22(20(3,4)26-17)19(23)24-13-15-11-9-8-10-12-15/h7-12,14,16-18H,1,13H2,2-6H3/t14-,16+,17-,18+/m1/s1. The van der Waals surface area contributed by atoms with Crippen molar-refractivity contribution in [2.45, 2.75) is 77.1 Å². The zero-order valence-corrected chi connectivity index (χ0v) is 16.7. The van der Waals surface area contributed by atoms with Crippen LogP contribution in [-0.2, 0) is 25.6 Å². The summed E-state index contributed by atoms with van der Waals surface area (Å²) in [5.74, 6) is -0.724. The molecule has 1 aromatic rings. The first-order chi connectivity index (χ1) is 12.6. The molecule has 148 valence electrons. The molecule has 0 radical (unpaired) electrons. The molecule has 2 saturated heterocycles. The number of ether oxygens (including phenoxy) is 4. The first-order valence-corrected chi connectivity index (χ1v) is 9.30. The minimum absolute atomic E-state index is 0.217. The van der Waals surface area contributed by atoms with Gasteiger partial charge < -0.3 is 18.9 Å². The van der Waals surface area contributed by atoms with Crippen LogP contribution < -0.4 is 0 Å². The minimum atomic E-state index is -0.820. The van der Waals surface area contributed by atoms with Crippen molar-refractivity contribution < 1.29 is 23.7 Å². The normalized spacial score (nSPS) is 31.7. The number of amides is 1. The molecule has 6 nitrogen and oxygen atoms in total. The summed E-state index contributed by atoms with van der Waals surface area (Å²) in [6.45, 7) is 13.4. The Labute approximate surface area is 161 Å². The topological polar surface area (TPSA) is 57.2 Å². The summed E-state index contributed by atoms with van der Waals surface area (Å²) in [7, 11) is 0. The van der Waals surface area contributed by atoms with Gasteiger partial charge in [-0.25, -0.2) is 4.79 Å². The Morgan fingerprint density at radius 2 is 1.81 bits per heavy atom.